The van der Waals surface area contributed by atoms with Crippen LogP contribution in [0.4, 0.5) is 0 Å². The second-order valence-corrected chi connectivity index (χ2v) is 4.66. The Bertz CT molecular complexity index is 490. The first kappa shape index (κ1) is 12.2. The first-order valence-corrected chi connectivity index (χ1v) is 5.80. The number of carbonyl (C=O) groups excluding carboxylic acids is 2. The van der Waals surface area contributed by atoms with Gasteiger partial charge in [-0.25, -0.2) is 0 Å². The quantitative estimate of drug-likeness (QED) is 0.817. The number of benzene rings is 1. The molecule has 2 amide bonds. The Labute approximate surface area is 108 Å². The van der Waals surface area contributed by atoms with Gasteiger partial charge in [-0.2, -0.15) is 0 Å². The van der Waals surface area contributed by atoms with Gasteiger partial charge in [-0.05, 0) is 24.6 Å². The third kappa shape index (κ3) is 2.37. The Balaban J connectivity index is 2.30. The molecule has 90 valence electrons. The minimum absolute atomic E-state index is 0.222. The second kappa shape index (κ2) is 4.55. The normalized spacial score (nSPS) is 24.2. The SMILES string of the molecule is CC1NC(=O)C(c2ccc(Cl)c(Cl)c2)NC1=O. The van der Waals surface area contributed by atoms with E-state index in [1.807, 2.05) is 0 Å². The van der Waals surface area contributed by atoms with Gasteiger partial charge in [-0.15, -0.1) is 0 Å². The van der Waals surface area contributed by atoms with Gasteiger partial charge >= 0.3 is 0 Å². The number of hydrogen-bond donors (Lipinski definition) is 2. The van der Waals surface area contributed by atoms with Crippen molar-refractivity contribution in [3.8, 4) is 0 Å². The Morgan fingerprint density at radius 3 is 2.41 bits per heavy atom. The molecule has 1 fully saturated rings. The number of amides is 2. The monoisotopic (exact) mass is 272 g/mol. The fourth-order valence-electron chi connectivity index (χ4n) is 1.62. The van der Waals surface area contributed by atoms with Crippen molar-refractivity contribution in [3.63, 3.8) is 0 Å². The van der Waals surface area contributed by atoms with Gasteiger partial charge in [0.2, 0.25) is 11.8 Å². The van der Waals surface area contributed by atoms with E-state index in [-0.39, 0.29) is 11.8 Å². The van der Waals surface area contributed by atoms with Crippen LogP contribution in [0.1, 0.15) is 18.5 Å². The molecular formula is C11H10Cl2N2O2. The van der Waals surface area contributed by atoms with Crippen molar-refractivity contribution < 1.29 is 9.59 Å². The molecule has 6 heteroatoms. The molecule has 2 N–H and O–H groups in total. The molecule has 1 aromatic carbocycles. The van der Waals surface area contributed by atoms with Crippen molar-refractivity contribution in [2.45, 2.75) is 19.0 Å². The molecule has 17 heavy (non-hydrogen) atoms. The molecule has 0 radical (unpaired) electrons. The van der Waals surface area contributed by atoms with Crippen molar-refractivity contribution in [1.82, 2.24) is 10.6 Å². The Kier molecular flexibility index (Phi) is 3.26. The number of nitrogens with one attached hydrogen (secondary N) is 2. The van der Waals surface area contributed by atoms with E-state index in [2.05, 4.69) is 10.6 Å². The van der Waals surface area contributed by atoms with Crippen LogP contribution in [-0.4, -0.2) is 17.9 Å². The lowest BCUT2D eigenvalue weighted by Crippen LogP contribution is -2.56. The fraction of sp³-hybridized carbons (Fsp3) is 0.273. The van der Waals surface area contributed by atoms with E-state index in [9.17, 15) is 9.59 Å². The molecule has 2 atom stereocenters. The first-order valence-electron chi connectivity index (χ1n) is 5.04. The maximum Gasteiger partial charge on any atom is 0.247 e. The van der Waals surface area contributed by atoms with Gasteiger partial charge in [0.05, 0.1) is 10.0 Å². The van der Waals surface area contributed by atoms with Gasteiger partial charge < -0.3 is 10.6 Å². The van der Waals surface area contributed by atoms with Gasteiger partial charge in [0.25, 0.3) is 0 Å². The van der Waals surface area contributed by atoms with Crippen molar-refractivity contribution in [2.24, 2.45) is 0 Å². The van der Waals surface area contributed by atoms with Gasteiger partial charge in [0.15, 0.2) is 0 Å². The van der Waals surface area contributed by atoms with Crippen LogP contribution in [-0.2, 0) is 9.59 Å². The van der Waals surface area contributed by atoms with Crippen LogP contribution >= 0.6 is 23.2 Å². The highest BCUT2D eigenvalue weighted by atomic mass is 35.5. The predicted molar refractivity (Wildman–Crippen MR) is 65.0 cm³/mol. The zero-order chi connectivity index (χ0) is 12.6. The van der Waals surface area contributed by atoms with E-state index in [4.69, 9.17) is 23.2 Å². The molecule has 1 heterocycles. The molecule has 2 unspecified atom stereocenters. The molecule has 0 aromatic heterocycles. The van der Waals surface area contributed by atoms with E-state index < -0.39 is 12.1 Å². The minimum Gasteiger partial charge on any atom is -0.342 e. The van der Waals surface area contributed by atoms with Crippen molar-refractivity contribution >= 4 is 35.0 Å². The van der Waals surface area contributed by atoms with Crippen LogP contribution in [0.5, 0.6) is 0 Å². The minimum atomic E-state index is -0.714. The number of hydrogen-bond acceptors (Lipinski definition) is 2. The standard InChI is InChI=1S/C11H10Cl2N2O2/c1-5-10(16)15-9(11(17)14-5)6-2-3-7(12)8(13)4-6/h2-5,9H,1H3,(H,14,17)(H,15,16). The molecule has 1 aliphatic heterocycles. The summed E-state index contributed by atoms with van der Waals surface area (Å²) >= 11 is 11.7. The Morgan fingerprint density at radius 2 is 1.76 bits per heavy atom. The van der Waals surface area contributed by atoms with Crippen molar-refractivity contribution in [2.75, 3.05) is 0 Å². The summed E-state index contributed by atoms with van der Waals surface area (Å²) in [5, 5.41) is 5.97. The molecule has 1 aliphatic rings. The first-order chi connectivity index (χ1) is 7.99. The van der Waals surface area contributed by atoms with Crippen LogP contribution in [0.15, 0.2) is 18.2 Å². The molecule has 0 bridgehead atoms. The summed E-state index contributed by atoms with van der Waals surface area (Å²) in [7, 11) is 0. The lowest BCUT2D eigenvalue weighted by molar-refractivity contribution is -0.136. The third-order valence-electron chi connectivity index (χ3n) is 2.58. The van der Waals surface area contributed by atoms with E-state index in [0.717, 1.165) is 0 Å². The fourth-order valence-corrected chi connectivity index (χ4v) is 1.93. The van der Waals surface area contributed by atoms with E-state index >= 15 is 0 Å². The number of carbonyl (C=O) groups is 2. The lowest BCUT2D eigenvalue weighted by Gasteiger charge is -2.27. The number of halogens is 2. The highest BCUT2D eigenvalue weighted by Crippen LogP contribution is 2.26. The van der Waals surface area contributed by atoms with Crippen LogP contribution in [0.25, 0.3) is 0 Å². The van der Waals surface area contributed by atoms with Crippen molar-refractivity contribution in [3.05, 3.63) is 33.8 Å². The second-order valence-electron chi connectivity index (χ2n) is 3.85. The zero-order valence-electron chi connectivity index (χ0n) is 8.96. The Hall–Kier alpha value is -1.26. The van der Waals surface area contributed by atoms with Crippen LogP contribution in [0.3, 0.4) is 0 Å². The van der Waals surface area contributed by atoms with Gasteiger partial charge in [0.1, 0.15) is 12.1 Å². The van der Waals surface area contributed by atoms with Crippen LogP contribution in [0.2, 0.25) is 10.0 Å². The van der Waals surface area contributed by atoms with Gasteiger partial charge in [-0.1, -0.05) is 29.3 Å². The molecule has 0 saturated carbocycles. The van der Waals surface area contributed by atoms with Gasteiger partial charge in [0, 0.05) is 0 Å². The highest BCUT2D eigenvalue weighted by molar-refractivity contribution is 6.42. The molecule has 4 nitrogen and oxygen atoms in total. The van der Waals surface area contributed by atoms with Crippen LogP contribution < -0.4 is 10.6 Å². The largest absolute Gasteiger partial charge is 0.342 e. The molecule has 1 aromatic rings. The lowest BCUT2D eigenvalue weighted by atomic mass is 10.0. The summed E-state index contributed by atoms with van der Waals surface area (Å²) in [5.41, 5.74) is 0.608. The number of piperazine rings is 1. The summed E-state index contributed by atoms with van der Waals surface area (Å²) in [6, 6.07) is 3.60. The average Bonchev–Trinajstić information content (AvgIpc) is 2.27. The third-order valence-corrected chi connectivity index (χ3v) is 3.32. The smallest absolute Gasteiger partial charge is 0.247 e. The summed E-state index contributed by atoms with van der Waals surface area (Å²) < 4.78 is 0. The maximum absolute atomic E-state index is 11.7. The average molecular weight is 273 g/mol. The molecule has 0 aliphatic carbocycles. The molecule has 0 spiro atoms. The molecule has 2 rings (SSSR count). The Morgan fingerprint density at radius 1 is 1.06 bits per heavy atom. The van der Waals surface area contributed by atoms with E-state index in [1.165, 1.54) is 0 Å². The van der Waals surface area contributed by atoms with E-state index in [1.54, 1.807) is 25.1 Å². The maximum atomic E-state index is 11.7. The van der Waals surface area contributed by atoms with Crippen LogP contribution in [0, 0.1) is 0 Å². The zero-order valence-corrected chi connectivity index (χ0v) is 10.5. The van der Waals surface area contributed by atoms with Crippen molar-refractivity contribution in [1.29, 1.82) is 0 Å². The number of rotatable bonds is 1. The predicted octanol–water partition coefficient (Wildman–Crippen LogP) is 1.67. The highest BCUT2D eigenvalue weighted by Gasteiger charge is 2.32. The summed E-state index contributed by atoms with van der Waals surface area (Å²) in [5.74, 6) is -0.476. The molecule has 1 saturated heterocycles. The van der Waals surface area contributed by atoms with E-state index in [0.29, 0.717) is 15.6 Å². The molecular weight excluding hydrogens is 263 g/mol. The summed E-state index contributed by atoms with van der Waals surface area (Å²) in [4.78, 5) is 23.2. The topological polar surface area (TPSA) is 58.2 Å². The summed E-state index contributed by atoms with van der Waals surface area (Å²) in [6.07, 6.45) is 0. The summed E-state index contributed by atoms with van der Waals surface area (Å²) in [6.45, 7) is 1.62. The van der Waals surface area contributed by atoms with Gasteiger partial charge in [-0.3, -0.25) is 9.59 Å².